The Balaban J connectivity index is 0.00000385. The molecule has 1 aliphatic heterocycles. The molecule has 3 rings (SSSR count). The van der Waals surface area contributed by atoms with Gasteiger partial charge in [-0.1, -0.05) is 30.3 Å². The molecule has 0 aliphatic carbocycles. The molecule has 1 saturated heterocycles. The van der Waals surface area contributed by atoms with Crippen LogP contribution in [0, 0.1) is 10.1 Å². The molecular weight excluding hydrogens is 550 g/mol. The molecule has 1 heterocycles. The number of nitrogens with zero attached hydrogens (tertiary/aromatic N) is 3. The number of guanidine groups is 1. The third-order valence-electron chi connectivity index (χ3n) is 5.39. The third-order valence-corrected chi connectivity index (χ3v) is 5.39. The summed E-state index contributed by atoms with van der Waals surface area (Å²) in [4.78, 5) is 16.8. The Morgan fingerprint density at radius 1 is 1.15 bits per heavy atom. The van der Waals surface area contributed by atoms with Gasteiger partial charge in [-0.15, -0.1) is 24.0 Å². The van der Waals surface area contributed by atoms with E-state index >= 15 is 0 Å². The predicted molar refractivity (Wildman–Crippen MR) is 132 cm³/mol. The highest BCUT2D eigenvalue weighted by atomic mass is 127. The molecule has 33 heavy (non-hydrogen) atoms. The summed E-state index contributed by atoms with van der Waals surface area (Å²) in [5.74, 6) is 0.604. The number of halogens is 4. The maximum Gasteiger partial charge on any atom is 0.416 e. The van der Waals surface area contributed by atoms with Crippen molar-refractivity contribution in [2.45, 2.75) is 38.1 Å². The molecule has 2 N–H and O–H groups in total. The number of benzene rings is 2. The monoisotopic (exact) mass is 577 g/mol. The fourth-order valence-electron chi connectivity index (χ4n) is 3.69. The summed E-state index contributed by atoms with van der Waals surface area (Å²) in [5.41, 5.74) is 0.851. The molecule has 2 aromatic rings. The summed E-state index contributed by atoms with van der Waals surface area (Å²) in [6.07, 6.45) is -2.67. The first-order valence-electron chi connectivity index (χ1n) is 10.3. The lowest BCUT2D eigenvalue weighted by Gasteiger charge is -2.33. The molecule has 0 bridgehead atoms. The highest BCUT2D eigenvalue weighted by Gasteiger charge is 2.30. The maximum absolute atomic E-state index is 12.9. The summed E-state index contributed by atoms with van der Waals surface area (Å²) >= 11 is 0. The molecule has 0 saturated carbocycles. The number of hydrogen-bond acceptors (Lipinski definition) is 4. The van der Waals surface area contributed by atoms with E-state index in [0.29, 0.717) is 24.6 Å². The van der Waals surface area contributed by atoms with Crippen molar-refractivity contribution in [3.05, 3.63) is 75.3 Å². The average Bonchev–Trinajstić information content (AvgIpc) is 2.77. The van der Waals surface area contributed by atoms with Crippen LogP contribution in [-0.4, -0.2) is 42.0 Å². The van der Waals surface area contributed by atoms with Gasteiger partial charge in [-0.25, -0.2) is 0 Å². The van der Waals surface area contributed by atoms with Crippen molar-refractivity contribution in [3.8, 4) is 0 Å². The number of piperidine rings is 1. The van der Waals surface area contributed by atoms with Crippen LogP contribution in [0.5, 0.6) is 0 Å². The van der Waals surface area contributed by atoms with Crippen molar-refractivity contribution < 1.29 is 18.1 Å². The zero-order valence-electron chi connectivity index (χ0n) is 18.1. The summed E-state index contributed by atoms with van der Waals surface area (Å²) in [5, 5.41) is 17.4. The van der Waals surface area contributed by atoms with E-state index in [1.54, 1.807) is 25.2 Å². The van der Waals surface area contributed by atoms with Crippen molar-refractivity contribution in [1.82, 2.24) is 15.5 Å². The number of aliphatic imine (C=N–C) groups is 1. The van der Waals surface area contributed by atoms with E-state index in [4.69, 9.17) is 0 Å². The van der Waals surface area contributed by atoms with Crippen molar-refractivity contribution in [3.63, 3.8) is 0 Å². The van der Waals surface area contributed by atoms with Gasteiger partial charge >= 0.3 is 6.18 Å². The van der Waals surface area contributed by atoms with Gasteiger partial charge in [0.25, 0.3) is 5.69 Å². The lowest BCUT2D eigenvalue weighted by molar-refractivity contribution is -0.384. The Morgan fingerprint density at radius 2 is 1.82 bits per heavy atom. The molecular formula is C22H27F3IN5O2. The van der Waals surface area contributed by atoms with Crippen LogP contribution in [0.2, 0.25) is 0 Å². The summed E-state index contributed by atoms with van der Waals surface area (Å²) in [6, 6.07) is 12.1. The number of nitro groups is 1. The zero-order chi connectivity index (χ0) is 23.1. The fraction of sp³-hybridized carbons (Fsp3) is 0.409. The van der Waals surface area contributed by atoms with E-state index in [0.717, 1.165) is 37.6 Å². The first-order chi connectivity index (χ1) is 15.2. The number of non-ortho nitro benzene ring substituents is 1. The maximum atomic E-state index is 12.9. The zero-order valence-corrected chi connectivity index (χ0v) is 20.5. The molecule has 11 heteroatoms. The highest BCUT2D eigenvalue weighted by molar-refractivity contribution is 14.0. The molecule has 0 spiro atoms. The van der Waals surface area contributed by atoms with E-state index in [1.807, 2.05) is 0 Å². The van der Waals surface area contributed by atoms with Crippen molar-refractivity contribution in [2.24, 2.45) is 4.99 Å². The Labute approximate surface area is 207 Å². The van der Waals surface area contributed by atoms with Gasteiger partial charge in [0.15, 0.2) is 5.96 Å². The minimum Gasteiger partial charge on any atom is -0.354 e. The van der Waals surface area contributed by atoms with E-state index in [9.17, 15) is 23.3 Å². The van der Waals surface area contributed by atoms with Crippen LogP contribution < -0.4 is 10.6 Å². The van der Waals surface area contributed by atoms with E-state index in [-0.39, 0.29) is 35.7 Å². The molecule has 1 fully saturated rings. The lowest BCUT2D eigenvalue weighted by Crippen LogP contribution is -2.48. The van der Waals surface area contributed by atoms with Crippen molar-refractivity contribution in [1.29, 1.82) is 0 Å². The van der Waals surface area contributed by atoms with Crippen LogP contribution >= 0.6 is 24.0 Å². The Hall–Kier alpha value is -2.41. The van der Waals surface area contributed by atoms with Gasteiger partial charge in [-0.05, 0) is 30.0 Å². The first kappa shape index (κ1) is 26.8. The molecule has 0 unspecified atom stereocenters. The van der Waals surface area contributed by atoms with Crippen LogP contribution in [0.4, 0.5) is 18.9 Å². The number of nitrogens with one attached hydrogen (secondary N) is 2. The molecule has 2 aromatic carbocycles. The first-order valence-corrected chi connectivity index (χ1v) is 10.3. The third kappa shape index (κ3) is 8.14. The summed E-state index contributed by atoms with van der Waals surface area (Å²) in [6.45, 7) is 2.40. The van der Waals surface area contributed by atoms with Gasteiger partial charge in [-0.3, -0.25) is 20.0 Å². The standard InChI is InChI=1S/C22H26F3N5O2.HI/c1-26-21(27-14-16-4-3-7-20(13-16)30(31)32)28-19-8-10-29(11-9-19)15-17-5-2-6-18(12-17)22(23,24)25;/h2-7,12-13,19H,8-11,14-15H2,1H3,(H2,26,27,28);1H. The van der Waals surface area contributed by atoms with Crippen molar-refractivity contribution in [2.75, 3.05) is 20.1 Å². The Morgan fingerprint density at radius 3 is 2.45 bits per heavy atom. The SMILES string of the molecule is CN=C(NCc1cccc([N+](=O)[O-])c1)NC1CCN(Cc2cccc(C(F)(F)F)c2)CC1.I. The topological polar surface area (TPSA) is 82.8 Å². The van der Waals surface area contributed by atoms with Crippen LogP contribution in [0.15, 0.2) is 53.5 Å². The number of hydrogen-bond donors (Lipinski definition) is 2. The van der Waals surface area contributed by atoms with Crippen LogP contribution in [0.25, 0.3) is 0 Å². The Kier molecular flexibility index (Phi) is 9.89. The molecule has 0 aromatic heterocycles. The molecule has 180 valence electrons. The van der Waals surface area contributed by atoms with Crippen LogP contribution in [0.3, 0.4) is 0 Å². The number of alkyl halides is 3. The van der Waals surface area contributed by atoms with Gasteiger partial charge in [0.1, 0.15) is 0 Å². The minimum absolute atomic E-state index is 0. The number of rotatable bonds is 6. The molecule has 1 aliphatic rings. The van der Waals surface area contributed by atoms with E-state index in [1.165, 1.54) is 24.3 Å². The smallest absolute Gasteiger partial charge is 0.354 e. The molecule has 0 amide bonds. The second-order valence-corrected chi connectivity index (χ2v) is 7.75. The van der Waals surface area contributed by atoms with Gasteiger partial charge in [0.2, 0.25) is 0 Å². The second-order valence-electron chi connectivity index (χ2n) is 7.75. The minimum atomic E-state index is -4.33. The van der Waals surface area contributed by atoms with Gasteiger partial charge in [0, 0.05) is 51.4 Å². The quantitative estimate of drug-likeness (QED) is 0.173. The number of nitro benzene ring substituents is 1. The second kappa shape index (κ2) is 12.2. The summed E-state index contributed by atoms with van der Waals surface area (Å²) < 4.78 is 38.7. The van der Waals surface area contributed by atoms with Crippen molar-refractivity contribution >= 4 is 35.6 Å². The molecule has 0 radical (unpaired) electrons. The largest absolute Gasteiger partial charge is 0.416 e. The van der Waals surface area contributed by atoms with Gasteiger partial charge < -0.3 is 10.6 Å². The molecule has 7 nitrogen and oxygen atoms in total. The van der Waals surface area contributed by atoms with Gasteiger partial charge in [-0.2, -0.15) is 13.2 Å². The van der Waals surface area contributed by atoms with Crippen LogP contribution in [-0.2, 0) is 19.3 Å². The normalized spacial score (nSPS) is 15.6. The highest BCUT2D eigenvalue weighted by Crippen LogP contribution is 2.30. The number of likely N-dealkylation sites (tertiary alicyclic amines) is 1. The van der Waals surface area contributed by atoms with Gasteiger partial charge in [0.05, 0.1) is 10.5 Å². The van der Waals surface area contributed by atoms with E-state index in [2.05, 4.69) is 20.5 Å². The average molecular weight is 577 g/mol. The van der Waals surface area contributed by atoms with E-state index < -0.39 is 16.7 Å². The van der Waals surface area contributed by atoms with Crippen LogP contribution in [0.1, 0.15) is 29.5 Å². The molecule has 0 atom stereocenters. The lowest BCUT2D eigenvalue weighted by atomic mass is 10.0. The Bertz CT molecular complexity index is 963. The summed E-state index contributed by atoms with van der Waals surface area (Å²) in [7, 11) is 1.66. The predicted octanol–water partition coefficient (Wildman–Crippen LogP) is 4.56. The fourth-order valence-corrected chi connectivity index (χ4v) is 3.69.